The van der Waals surface area contributed by atoms with Gasteiger partial charge < -0.3 is 10.6 Å². The minimum absolute atomic E-state index is 0.0423. The molecule has 2 aromatic carbocycles. The Morgan fingerprint density at radius 2 is 1.88 bits per heavy atom. The Labute approximate surface area is 185 Å². The molecule has 0 atom stereocenters. The van der Waals surface area contributed by atoms with Gasteiger partial charge in [0.1, 0.15) is 11.6 Å². The van der Waals surface area contributed by atoms with E-state index in [0.717, 1.165) is 11.8 Å². The van der Waals surface area contributed by atoms with Crippen LogP contribution in [0.4, 0.5) is 10.2 Å². The second-order valence-electron chi connectivity index (χ2n) is 7.64. The highest BCUT2D eigenvalue weighted by Crippen LogP contribution is 2.20. The third-order valence-corrected chi connectivity index (χ3v) is 5.48. The van der Waals surface area contributed by atoms with Gasteiger partial charge in [-0.15, -0.1) is 0 Å². The van der Waals surface area contributed by atoms with Crippen LogP contribution in [-0.2, 0) is 9.84 Å². The molecule has 3 N–H and O–H groups in total. The highest BCUT2D eigenvalue weighted by atomic mass is 32.2. The molecule has 1 heterocycles. The standard InChI is InChI=1S/C22H24FN5O3S/c1-14(2)13-24-22(26-21(29)16-5-4-6-18(11-16)32(3,30)31)25-20-12-19(27-28-20)15-7-9-17(23)10-8-15/h4-12,14H,13H2,1-3H3,(H3,24,25,26,27,28,29). The van der Waals surface area contributed by atoms with Crippen LogP contribution in [0, 0.1) is 11.7 Å². The van der Waals surface area contributed by atoms with Crippen molar-refractivity contribution in [1.29, 1.82) is 0 Å². The van der Waals surface area contributed by atoms with E-state index < -0.39 is 15.7 Å². The van der Waals surface area contributed by atoms with Crippen molar-refractivity contribution in [3.05, 3.63) is 66.0 Å². The van der Waals surface area contributed by atoms with Crippen molar-refractivity contribution < 1.29 is 17.6 Å². The molecule has 0 saturated carbocycles. The molecule has 3 rings (SSSR count). The first-order valence-corrected chi connectivity index (χ1v) is 11.8. The minimum atomic E-state index is -3.45. The number of aliphatic imine (C=N–C) groups is 1. The number of halogens is 1. The van der Waals surface area contributed by atoms with E-state index in [9.17, 15) is 17.6 Å². The molecular weight excluding hydrogens is 433 g/mol. The number of aromatic nitrogens is 2. The van der Waals surface area contributed by atoms with Crippen LogP contribution in [0.3, 0.4) is 0 Å². The number of guanidine groups is 1. The molecule has 0 radical (unpaired) electrons. The van der Waals surface area contributed by atoms with Crippen molar-refractivity contribution in [3.63, 3.8) is 0 Å². The van der Waals surface area contributed by atoms with E-state index in [1.165, 1.54) is 36.4 Å². The summed E-state index contributed by atoms with van der Waals surface area (Å²) in [6.07, 6.45) is 1.08. The number of carbonyl (C=O) groups is 1. The molecule has 1 amide bonds. The Balaban J connectivity index is 1.84. The second-order valence-corrected chi connectivity index (χ2v) is 9.65. The fourth-order valence-corrected chi connectivity index (χ4v) is 3.39. The first kappa shape index (κ1) is 23.1. The van der Waals surface area contributed by atoms with E-state index >= 15 is 0 Å². The van der Waals surface area contributed by atoms with Crippen LogP contribution in [0.15, 0.2) is 64.5 Å². The van der Waals surface area contributed by atoms with Gasteiger partial charge >= 0.3 is 0 Å². The number of benzene rings is 2. The first-order valence-electron chi connectivity index (χ1n) is 9.87. The van der Waals surface area contributed by atoms with Crippen molar-refractivity contribution in [3.8, 4) is 11.3 Å². The number of carbonyl (C=O) groups excluding carboxylic acids is 1. The number of rotatable bonds is 6. The molecular formula is C22H24FN5O3S. The summed E-state index contributed by atoms with van der Waals surface area (Å²) in [4.78, 5) is 16.8. The summed E-state index contributed by atoms with van der Waals surface area (Å²) in [6.45, 7) is 4.55. The molecule has 3 aromatic rings. The predicted octanol–water partition coefficient (Wildman–Crippen LogP) is 3.47. The van der Waals surface area contributed by atoms with Gasteiger partial charge in [0.25, 0.3) is 5.91 Å². The molecule has 168 valence electrons. The van der Waals surface area contributed by atoms with Gasteiger partial charge in [0.2, 0.25) is 5.96 Å². The van der Waals surface area contributed by atoms with E-state index in [-0.39, 0.29) is 28.2 Å². The van der Waals surface area contributed by atoms with Gasteiger partial charge in [-0.3, -0.25) is 9.89 Å². The summed E-state index contributed by atoms with van der Waals surface area (Å²) >= 11 is 0. The Morgan fingerprint density at radius 3 is 2.53 bits per heavy atom. The fraction of sp³-hybridized carbons (Fsp3) is 0.227. The van der Waals surface area contributed by atoms with Crippen molar-refractivity contribution >= 4 is 27.5 Å². The highest BCUT2D eigenvalue weighted by Gasteiger charge is 2.13. The zero-order valence-electron chi connectivity index (χ0n) is 17.9. The number of hydrogen-bond donors (Lipinski definition) is 3. The summed E-state index contributed by atoms with van der Waals surface area (Å²) in [7, 11) is -3.45. The summed E-state index contributed by atoms with van der Waals surface area (Å²) < 4.78 is 36.7. The van der Waals surface area contributed by atoms with Gasteiger partial charge in [-0.2, -0.15) is 10.1 Å². The van der Waals surface area contributed by atoms with Gasteiger partial charge in [-0.25, -0.2) is 12.8 Å². The van der Waals surface area contributed by atoms with Gasteiger partial charge in [0.15, 0.2) is 9.84 Å². The van der Waals surface area contributed by atoms with E-state index in [1.807, 2.05) is 13.8 Å². The van der Waals surface area contributed by atoms with Crippen LogP contribution >= 0.6 is 0 Å². The van der Waals surface area contributed by atoms with E-state index in [0.29, 0.717) is 18.1 Å². The Morgan fingerprint density at radius 1 is 1.16 bits per heavy atom. The number of nitrogens with one attached hydrogen (secondary N) is 3. The van der Waals surface area contributed by atoms with Crippen LogP contribution in [-0.4, -0.2) is 43.3 Å². The third-order valence-electron chi connectivity index (χ3n) is 4.37. The summed E-state index contributed by atoms with van der Waals surface area (Å²) in [5.74, 6) is -0.0112. The Hall–Kier alpha value is -3.53. The smallest absolute Gasteiger partial charge is 0.280 e. The maximum absolute atomic E-state index is 13.2. The largest absolute Gasteiger partial charge is 0.355 e. The minimum Gasteiger partial charge on any atom is -0.355 e. The summed E-state index contributed by atoms with van der Waals surface area (Å²) in [6, 6.07) is 13.3. The molecule has 0 aliphatic carbocycles. The predicted molar refractivity (Wildman–Crippen MR) is 122 cm³/mol. The maximum atomic E-state index is 13.2. The molecule has 0 aliphatic rings. The van der Waals surface area contributed by atoms with Crippen LogP contribution < -0.4 is 10.6 Å². The number of H-pyrrole nitrogens is 1. The van der Waals surface area contributed by atoms with Crippen molar-refractivity contribution in [1.82, 2.24) is 15.5 Å². The number of aromatic amines is 1. The van der Waals surface area contributed by atoms with Crippen LogP contribution in [0.25, 0.3) is 11.3 Å². The molecule has 0 saturated heterocycles. The Bertz CT molecular complexity index is 1230. The lowest BCUT2D eigenvalue weighted by Crippen LogP contribution is -2.34. The molecule has 10 heteroatoms. The van der Waals surface area contributed by atoms with E-state index in [1.54, 1.807) is 18.2 Å². The van der Waals surface area contributed by atoms with Gasteiger partial charge in [-0.1, -0.05) is 19.9 Å². The van der Waals surface area contributed by atoms with Gasteiger partial charge in [-0.05, 0) is 48.4 Å². The second kappa shape index (κ2) is 9.73. The van der Waals surface area contributed by atoms with Crippen LogP contribution in [0.1, 0.15) is 24.2 Å². The number of nitrogens with zero attached hydrogens (tertiary/aromatic N) is 2. The number of amides is 1. The lowest BCUT2D eigenvalue weighted by atomic mass is 10.1. The number of hydrogen-bond acceptors (Lipinski definition) is 4. The van der Waals surface area contributed by atoms with Gasteiger partial charge in [0, 0.05) is 30.0 Å². The van der Waals surface area contributed by atoms with E-state index in [4.69, 9.17) is 0 Å². The zero-order valence-corrected chi connectivity index (χ0v) is 18.7. The zero-order chi connectivity index (χ0) is 23.3. The van der Waals surface area contributed by atoms with Crippen molar-refractivity contribution in [2.24, 2.45) is 10.9 Å². The number of anilines is 1. The van der Waals surface area contributed by atoms with Gasteiger partial charge in [0.05, 0.1) is 10.6 Å². The summed E-state index contributed by atoms with van der Waals surface area (Å²) in [5.41, 5.74) is 1.45. The molecule has 0 bridgehead atoms. The number of sulfone groups is 1. The molecule has 0 spiro atoms. The average molecular weight is 458 g/mol. The highest BCUT2D eigenvalue weighted by molar-refractivity contribution is 7.90. The van der Waals surface area contributed by atoms with E-state index in [2.05, 4.69) is 25.8 Å². The SMILES string of the molecule is CC(C)CN/C(=N/C(=O)c1cccc(S(C)(=O)=O)c1)Nc1cc(-c2ccc(F)cc2)n[nH]1. The molecule has 0 fully saturated rings. The quantitative estimate of drug-likeness (QED) is 0.386. The third kappa shape index (κ3) is 6.24. The first-order chi connectivity index (χ1) is 15.1. The van der Waals surface area contributed by atoms with Crippen LogP contribution in [0.5, 0.6) is 0 Å². The molecule has 32 heavy (non-hydrogen) atoms. The Kier molecular flexibility index (Phi) is 7.04. The molecule has 8 nitrogen and oxygen atoms in total. The maximum Gasteiger partial charge on any atom is 0.280 e. The summed E-state index contributed by atoms with van der Waals surface area (Å²) in [5, 5.41) is 13.1. The topological polar surface area (TPSA) is 116 Å². The lowest BCUT2D eigenvalue weighted by molar-refractivity contribution is 0.100. The molecule has 0 unspecified atom stereocenters. The average Bonchev–Trinajstić information content (AvgIpc) is 3.20. The van der Waals surface area contributed by atoms with Crippen molar-refractivity contribution in [2.75, 3.05) is 18.1 Å². The monoisotopic (exact) mass is 457 g/mol. The van der Waals surface area contributed by atoms with Crippen molar-refractivity contribution in [2.45, 2.75) is 18.7 Å². The van der Waals surface area contributed by atoms with Crippen LogP contribution in [0.2, 0.25) is 0 Å². The molecule has 0 aliphatic heterocycles. The fourth-order valence-electron chi connectivity index (χ4n) is 2.72. The molecule has 1 aromatic heterocycles. The lowest BCUT2D eigenvalue weighted by Gasteiger charge is -2.12. The normalized spacial score (nSPS) is 12.1.